The number of hydrogen-bond donors (Lipinski definition) is 3. The molecule has 0 aromatic rings. The maximum atomic E-state index is 10.4. The second-order valence-electron chi connectivity index (χ2n) is 2.49. The summed E-state index contributed by atoms with van der Waals surface area (Å²) in [5.74, 6) is -1.29. The number of aliphatic hydroxyl groups is 1. The molecule has 0 aromatic heterocycles. The van der Waals surface area contributed by atoms with E-state index in [2.05, 4.69) is 0 Å². The highest BCUT2D eigenvalue weighted by Gasteiger charge is 2.13. The van der Waals surface area contributed by atoms with Crippen LogP contribution in [-0.4, -0.2) is 29.3 Å². The molecule has 0 amide bonds. The van der Waals surface area contributed by atoms with Gasteiger partial charge in [-0.05, 0) is 12.8 Å². The summed E-state index contributed by atoms with van der Waals surface area (Å²) in [6.07, 6.45) is 1.95. The van der Waals surface area contributed by atoms with Gasteiger partial charge < -0.3 is 15.9 Å². The molecule has 0 aliphatic carbocycles. The van der Waals surface area contributed by atoms with E-state index in [0.29, 0.717) is 12.8 Å². The molecule has 66 valence electrons. The zero-order valence-electron chi connectivity index (χ0n) is 6.49. The van der Waals surface area contributed by atoms with Crippen molar-refractivity contribution < 1.29 is 15.0 Å². The van der Waals surface area contributed by atoms with E-state index in [1.165, 1.54) is 0 Å². The molecule has 0 aromatic carbocycles. The van der Waals surface area contributed by atoms with Gasteiger partial charge in [0.25, 0.3) is 0 Å². The predicted molar refractivity (Wildman–Crippen MR) is 41.1 cm³/mol. The quantitative estimate of drug-likeness (QED) is 0.471. The molecule has 0 spiro atoms. The van der Waals surface area contributed by atoms with E-state index >= 15 is 0 Å². The molecule has 0 saturated carbocycles. The third-order valence-corrected chi connectivity index (χ3v) is 1.59. The number of aliphatic hydroxyl groups excluding tert-OH is 1. The van der Waals surface area contributed by atoms with E-state index in [1.807, 2.05) is 0 Å². The lowest BCUT2D eigenvalue weighted by Gasteiger charge is -2.07. The van der Waals surface area contributed by atoms with Crippen molar-refractivity contribution in [2.24, 2.45) is 11.7 Å². The van der Waals surface area contributed by atoms with E-state index in [4.69, 9.17) is 15.9 Å². The van der Waals surface area contributed by atoms with Gasteiger partial charge in [0, 0.05) is 13.2 Å². The molecule has 11 heavy (non-hydrogen) atoms. The molecule has 0 aliphatic heterocycles. The van der Waals surface area contributed by atoms with Crippen molar-refractivity contribution in [2.75, 3.05) is 13.2 Å². The number of carbonyl (C=O) groups is 1. The van der Waals surface area contributed by atoms with Crippen molar-refractivity contribution in [1.29, 1.82) is 0 Å². The summed E-state index contributed by atoms with van der Waals surface area (Å²) in [5.41, 5.74) is 5.21. The van der Waals surface area contributed by atoms with Crippen molar-refractivity contribution in [1.82, 2.24) is 0 Å². The van der Waals surface area contributed by atoms with Gasteiger partial charge in [-0.25, -0.2) is 0 Å². The number of carboxylic acid groups (broad SMARTS) is 1. The minimum Gasteiger partial charge on any atom is -0.481 e. The maximum absolute atomic E-state index is 10.4. The van der Waals surface area contributed by atoms with Crippen LogP contribution < -0.4 is 5.73 Å². The third-order valence-electron chi connectivity index (χ3n) is 1.59. The fourth-order valence-corrected chi connectivity index (χ4v) is 0.845. The van der Waals surface area contributed by atoms with E-state index in [9.17, 15) is 4.79 Å². The zero-order valence-corrected chi connectivity index (χ0v) is 6.49. The Morgan fingerprint density at radius 1 is 1.45 bits per heavy atom. The van der Waals surface area contributed by atoms with Crippen LogP contribution in [0.5, 0.6) is 0 Å². The van der Waals surface area contributed by atoms with Gasteiger partial charge in [-0.3, -0.25) is 4.79 Å². The number of nitrogens with two attached hydrogens (primary N) is 1. The number of carboxylic acids is 1. The predicted octanol–water partition coefficient (Wildman–Crippen LogP) is -0.192. The minimum absolute atomic E-state index is 0.122. The molecule has 0 rings (SSSR count). The van der Waals surface area contributed by atoms with Crippen molar-refractivity contribution in [3.05, 3.63) is 0 Å². The molecule has 1 atom stereocenters. The first-order valence-corrected chi connectivity index (χ1v) is 3.76. The lowest BCUT2D eigenvalue weighted by Crippen LogP contribution is -2.23. The summed E-state index contributed by atoms with van der Waals surface area (Å²) < 4.78 is 0. The van der Waals surface area contributed by atoms with Gasteiger partial charge in [-0.1, -0.05) is 6.42 Å². The number of rotatable bonds is 6. The Bertz CT molecular complexity index is 116. The van der Waals surface area contributed by atoms with Crippen LogP contribution in [0.25, 0.3) is 0 Å². The highest BCUT2D eigenvalue weighted by molar-refractivity contribution is 5.70. The van der Waals surface area contributed by atoms with Crippen LogP contribution in [0.3, 0.4) is 0 Å². The van der Waals surface area contributed by atoms with Crippen molar-refractivity contribution in [3.63, 3.8) is 0 Å². The lowest BCUT2D eigenvalue weighted by molar-refractivity contribution is -0.141. The molecule has 0 saturated heterocycles. The van der Waals surface area contributed by atoms with E-state index < -0.39 is 11.9 Å². The molecule has 0 heterocycles. The van der Waals surface area contributed by atoms with E-state index in [0.717, 1.165) is 6.42 Å². The Balaban J connectivity index is 3.44. The van der Waals surface area contributed by atoms with Crippen molar-refractivity contribution >= 4 is 5.97 Å². The van der Waals surface area contributed by atoms with Crippen molar-refractivity contribution in [3.8, 4) is 0 Å². The van der Waals surface area contributed by atoms with Crippen LogP contribution in [-0.2, 0) is 4.79 Å². The Morgan fingerprint density at radius 3 is 2.45 bits per heavy atom. The molecular weight excluding hydrogens is 146 g/mol. The van der Waals surface area contributed by atoms with Gasteiger partial charge >= 0.3 is 5.97 Å². The average Bonchev–Trinajstić information content (AvgIpc) is 1.97. The van der Waals surface area contributed by atoms with Crippen LogP contribution in [0.4, 0.5) is 0 Å². The zero-order chi connectivity index (χ0) is 8.69. The summed E-state index contributed by atoms with van der Waals surface area (Å²) in [6.45, 7) is 0.303. The van der Waals surface area contributed by atoms with Crippen LogP contribution in [0.15, 0.2) is 0 Å². The highest BCUT2D eigenvalue weighted by Crippen LogP contribution is 2.06. The van der Waals surface area contributed by atoms with Gasteiger partial charge in [-0.15, -0.1) is 0 Å². The molecular formula is C7H15NO3. The highest BCUT2D eigenvalue weighted by atomic mass is 16.4. The van der Waals surface area contributed by atoms with Crippen LogP contribution in [0, 0.1) is 5.92 Å². The second-order valence-corrected chi connectivity index (χ2v) is 2.49. The topological polar surface area (TPSA) is 83.5 Å². The van der Waals surface area contributed by atoms with Crippen LogP contribution in [0.2, 0.25) is 0 Å². The van der Waals surface area contributed by atoms with Crippen LogP contribution >= 0.6 is 0 Å². The number of aliphatic carboxylic acids is 1. The van der Waals surface area contributed by atoms with Gasteiger partial charge in [0.05, 0.1) is 5.92 Å². The smallest absolute Gasteiger partial charge is 0.307 e. The molecule has 1 unspecified atom stereocenters. The molecule has 4 N–H and O–H groups in total. The van der Waals surface area contributed by atoms with Gasteiger partial charge in [0.2, 0.25) is 0 Å². The first kappa shape index (κ1) is 10.4. The average molecular weight is 161 g/mol. The normalized spacial score (nSPS) is 12.9. The van der Waals surface area contributed by atoms with E-state index in [1.54, 1.807) is 0 Å². The second kappa shape index (κ2) is 6.12. The number of unbranched alkanes of at least 4 members (excludes halogenated alkanes) is 1. The Labute approximate surface area is 66.0 Å². The monoisotopic (exact) mass is 161 g/mol. The van der Waals surface area contributed by atoms with Crippen molar-refractivity contribution in [2.45, 2.75) is 19.3 Å². The van der Waals surface area contributed by atoms with Crippen LogP contribution in [0.1, 0.15) is 19.3 Å². The van der Waals surface area contributed by atoms with Gasteiger partial charge in [-0.2, -0.15) is 0 Å². The Hall–Kier alpha value is -0.610. The summed E-state index contributed by atoms with van der Waals surface area (Å²) >= 11 is 0. The first-order valence-electron chi connectivity index (χ1n) is 3.76. The Kier molecular flexibility index (Phi) is 5.78. The Morgan fingerprint density at radius 2 is 2.09 bits per heavy atom. The minimum atomic E-state index is -0.842. The molecule has 0 fully saturated rings. The third kappa shape index (κ3) is 4.75. The molecule has 0 radical (unpaired) electrons. The summed E-state index contributed by atoms with van der Waals surface area (Å²) in [5, 5.41) is 16.9. The molecule has 0 bridgehead atoms. The lowest BCUT2D eigenvalue weighted by atomic mass is 10.0. The summed E-state index contributed by atoms with van der Waals surface area (Å²) in [7, 11) is 0. The van der Waals surface area contributed by atoms with Gasteiger partial charge in [0.1, 0.15) is 0 Å². The SMILES string of the molecule is NCC(CCCCO)C(=O)O. The first-order chi connectivity index (χ1) is 5.22. The number of hydrogen-bond acceptors (Lipinski definition) is 3. The summed E-state index contributed by atoms with van der Waals surface area (Å²) in [4.78, 5) is 10.4. The van der Waals surface area contributed by atoms with Gasteiger partial charge in [0.15, 0.2) is 0 Å². The largest absolute Gasteiger partial charge is 0.481 e. The van der Waals surface area contributed by atoms with E-state index in [-0.39, 0.29) is 13.2 Å². The summed E-state index contributed by atoms with van der Waals surface area (Å²) in [6, 6.07) is 0. The fraction of sp³-hybridized carbons (Fsp3) is 0.857. The molecule has 0 aliphatic rings. The molecule has 4 heteroatoms. The maximum Gasteiger partial charge on any atom is 0.307 e. The standard InChI is InChI=1S/C7H15NO3/c8-5-6(7(10)11)3-1-2-4-9/h6,9H,1-5,8H2,(H,10,11). The molecule has 4 nitrogen and oxygen atoms in total. The fourth-order valence-electron chi connectivity index (χ4n) is 0.845.